The first-order valence-corrected chi connectivity index (χ1v) is 10.6. The Morgan fingerprint density at radius 3 is 2.45 bits per heavy atom. The average molecular weight is 411 g/mol. The number of nitrogens with zero attached hydrogens (tertiary/aromatic N) is 2. The number of rotatable bonds is 8. The van der Waals surface area contributed by atoms with E-state index in [9.17, 15) is 9.59 Å². The van der Waals surface area contributed by atoms with Crippen molar-refractivity contribution in [1.82, 2.24) is 14.8 Å². The van der Waals surface area contributed by atoms with E-state index >= 15 is 0 Å². The van der Waals surface area contributed by atoms with Crippen LogP contribution in [0.1, 0.15) is 37.8 Å². The summed E-state index contributed by atoms with van der Waals surface area (Å²) in [7, 11) is 0. The van der Waals surface area contributed by atoms with Gasteiger partial charge in [-0.1, -0.05) is 68.1 Å². The van der Waals surface area contributed by atoms with Crippen LogP contribution >= 0.6 is 11.8 Å². The number of aromatic amines is 1. The van der Waals surface area contributed by atoms with Gasteiger partial charge in [-0.2, -0.15) is 0 Å². The lowest BCUT2D eigenvalue weighted by molar-refractivity contribution is -0.115. The standard InChI is InChI=1S/C22H26N4O2S/c1-15(2)18-9-11-19(12-10-18)23-20(27)16(3)29-22-25-24-21(28)26(22)14-13-17-7-5-4-6-8-17/h4-12,15-16H,13-14H2,1-3H3,(H,23,27)(H,24,28). The van der Waals surface area contributed by atoms with Crippen LogP contribution in [0, 0.1) is 0 Å². The Kier molecular flexibility index (Phi) is 6.93. The van der Waals surface area contributed by atoms with Gasteiger partial charge >= 0.3 is 5.69 Å². The number of H-pyrrole nitrogens is 1. The Morgan fingerprint density at radius 1 is 1.10 bits per heavy atom. The molecule has 3 rings (SSSR count). The fraction of sp³-hybridized carbons (Fsp3) is 0.318. The Balaban J connectivity index is 1.62. The number of thioether (sulfide) groups is 1. The van der Waals surface area contributed by atoms with Crippen LogP contribution in [-0.4, -0.2) is 25.9 Å². The van der Waals surface area contributed by atoms with Crippen molar-refractivity contribution in [3.63, 3.8) is 0 Å². The molecule has 0 bridgehead atoms. The van der Waals surface area contributed by atoms with E-state index in [1.807, 2.05) is 61.5 Å². The van der Waals surface area contributed by atoms with Crippen LogP contribution in [-0.2, 0) is 17.8 Å². The molecule has 1 aromatic heterocycles. The summed E-state index contributed by atoms with van der Waals surface area (Å²) in [5.74, 6) is 0.318. The highest BCUT2D eigenvalue weighted by Crippen LogP contribution is 2.22. The predicted octanol–water partition coefficient (Wildman–Crippen LogP) is 4.06. The zero-order valence-electron chi connectivity index (χ0n) is 16.9. The molecule has 1 unspecified atom stereocenters. The number of amides is 1. The molecule has 0 fully saturated rings. The van der Waals surface area contributed by atoms with E-state index in [4.69, 9.17) is 0 Å². The number of hydrogen-bond donors (Lipinski definition) is 2. The van der Waals surface area contributed by atoms with Gasteiger partial charge in [-0.15, -0.1) is 5.10 Å². The van der Waals surface area contributed by atoms with Crippen molar-refractivity contribution in [3.05, 3.63) is 76.2 Å². The monoisotopic (exact) mass is 410 g/mol. The highest BCUT2D eigenvalue weighted by molar-refractivity contribution is 8.00. The number of anilines is 1. The summed E-state index contributed by atoms with van der Waals surface area (Å²) in [6.45, 7) is 6.58. The number of aryl methyl sites for hydroxylation is 1. The first-order valence-electron chi connectivity index (χ1n) is 9.70. The molecule has 1 heterocycles. The zero-order valence-corrected chi connectivity index (χ0v) is 17.7. The molecule has 0 spiro atoms. The fourth-order valence-electron chi connectivity index (χ4n) is 2.88. The maximum Gasteiger partial charge on any atom is 0.343 e. The summed E-state index contributed by atoms with van der Waals surface area (Å²) in [5, 5.41) is 9.63. The van der Waals surface area contributed by atoms with Gasteiger partial charge in [0.05, 0.1) is 5.25 Å². The molecule has 1 amide bonds. The molecule has 7 heteroatoms. The SMILES string of the molecule is CC(Sc1n[nH]c(=O)n1CCc1ccccc1)C(=O)Nc1ccc(C(C)C)cc1. The quantitative estimate of drug-likeness (QED) is 0.549. The number of nitrogens with one attached hydrogen (secondary N) is 2. The molecule has 0 saturated heterocycles. The summed E-state index contributed by atoms with van der Waals surface area (Å²) in [4.78, 5) is 24.7. The number of carbonyl (C=O) groups excluding carboxylic acids is 1. The van der Waals surface area contributed by atoms with E-state index in [-0.39, 0.29) is 11.6 Å². The van der Waals surface area contributed by atoms with Gasteiger partial charge in [0.1, 0.15) is 0 Å². The van der Waals surface area contributed by atoms with Gasteiger partial charge in [-0.25, -0.2) is 9.89 Å². The molecule has 152 valence electrons. The number of hydrogen-bond acceptors (Lipinski definition) is 4. The molecule has 2 N–H and O–H groups in total. The highest BCUT2D eigenvalue weighted by Gasteiger charge is 2.19. The zero-order chi connectivity index (χ0) is 20.8. The largest absolute Gasteiger partial charge is 0.343 e. The molecule has 0 radical (unpaired) electrons. The topological polar surface area (TPSA) is 79.8 Å². The number of benzene rings is 2. The molecule has 1 atom stereocenters. The normalized spacial score (nSPS) is 12.1. The van der Waals surface area contributed by atoms with Crippen LogP contribution in [0.4, 0.5) is 5.69 Å². The number of carbonyl (C=O) groups is 1. The van der Waals surface area contributed by atoms with Gasteiger partial charge in [0, 0.05) is 12.2 Å². The van der Waals surface area contributed by atoms with Crippen molar-refractivity contribution in [2.75, 3.05) is 5.32 Å². The predicted molar refractivity (Wildman–Crippen MR) is 117 cm³/mol. The van der Waals surface area contributed by atoms with Gasteiger partial charge in [-0.3, -0.25) is 9.36 Å². The van der Waals surface area contributed by atoms with Crippen molar-refractivity contribution in [2.45, 2.75) is 50.1 Å². The Bertz CT molecular complexity index is 994. The van der Waals surface area contributed by atoms with Gasteiger partial charge < -0.3 is 5.32 Å². The van der Waals surface area contributed by atoms with E-state index in [0.29, 0.717) is 17.6 Å². The average Bonchev–Trinajstić information content (AvgIpc) is 3.06. The molecule has 0 aliphatic rings. The van der Waals surface area contributed by atoms with E-state index < -0.39 is 5.25 Å². The second-order valence-electron chi connectivity index (χ2n) is 7.22. The van der Waals surface area contributed by atoms with Gasteiger partial charge in [0.25, 0.3) is 0 Å². The van der Waals surface area contributed by atoms with Crippen LogP contribution in [0.3, 0.4) is 0 Å². The number of aromatic nitrogens is 3. The summed E-state index contributed by atoms with van der Waals surface area (Å²) in [5.41, 5.74) is 2.87. The van der Waals surface area contributed by atoms with Crippen molar-refractivity contribution in [1.29, 1.82) is 0 Å². The second-order valence-corrected chi connectivity index (χ2v) is 8.53. The van der Waals surface area contributed by atoms with E-state index in [1.165, 1.54) is 17.3 Å². The van der Waals surface area contributed by atoms with Crippen LogP contribution in [0.2, 0.25) is 0 Å². The molecule has 0 saturated carbocycles. The molecule has 0 aliphatic heterocycles. The third-order valence-corrected chi connectivity index (χ3v) is 5.78. The van der Waals surface area contributed by atoms with Crippen LogP contribution < -0.4 is 11.0 Å². The van der Waals surface area contributed by atoms with Crippen LogP contribution in [0.5, 0.6) is 0 Å². The molecule has 0 aliphatic carbocycles. The Labute approximate surface area is 174 Å². The minimum Gasteiger partial charge on any atom is -0.325 e. The molecular weight excluding hydrogens is 384 g/mol. The maximum atomic E-state index is 12.6. The second kappa shape index (κ2) is 9.60. The van der Waals surface area contributed by atoms with Gasteiger partial charge in [0.15, 0.2) is 5.16 Å². The fourth-order valence-corrected chi connectivity index (χ4v) is 3.76. The van der Waals surface area contributed by atoms with Crippen molar-refractivity contribution in [3.8, 4) is 0 Å². The maximum absolute atomic E-state index is 12.6. The minimum absolute atomic E-state index is 0.127. The first-order chi connectivity index (χ1) is 13.9. The van der Waals surface area contributed by atoms with Crippen molar-refractivity contribution < 1.29 is 4.79 Å². The lowest BCUT2D eigenvalue weighted by atomic mass is 10.0. The third kappa shape index (κ3) is 5.60. The summed E-state index contributed by atoms with van der Waals surface area (Å²) < 4.78 is 1.58. The lowest BCUT2D eigenvalue weighted by Gasteiger charge is -2.13. The van der Waals surface area contributed by atoms with Crippen molar-refractivity contribution >= 4 is 23.4 Å². The summed E-state index contributed by atoms with van der Waals surface area (Å²) >= 11 is 1.27. The van der Waals surface area contributed by atoms with Crippen LogP contribution in [0.25, 0.3) is 0 Å². The molecule has 29 heavy (non-hydrogen) atoms. The van der Waals surface area contributed by atoms with E-state index in [0.717, 1.165) is 17.7 Å². The van der Waals surface area contributed by atoms with Gasteiger partial charge in [-0.05, 0) is 42.5 Å². The molecule has 2 aromatic carbocycles. The highest BCUT2D eigenvalue weighted by atomic mass is 32.2. The molecular formula is C22H26N4O2S. The van der Waals surface area contributed by atoms with E-state index in [2.05, 4.69) is 29.4 Å². The molecule has 3 aromatic rings. The smallest absolute Gasteiger partial charge is 0.325 e. The third-order valence-electron chi connectivity index (χ3n) is 4.69. The summed E-state index contributed by atoms with van der Waals surface area (Å²) in [6.07, 6.45) is 0.719. The van der Waals surface area contributed by atoms with E-state index in [1.54, 1.807) is 4.57 Å². The van der Waals surface area contributed by atoms with Crippen LogP contribution in [0.15, 0.2) is 64.5 Å². The summed E-state index contributed by atoms with van der Waals surface area (Å²) in [6, 6.07) is 17.8. The first kappa shape index (κ1) is 20.9. The molecule has 6 nitrogen and oxygen atoms in total. The minimum atomic E-state index is -0.398. The lowest BCUT2D eigenvalue weighted by Crippen LogP contribution is -2.24. The van der Waals surface area contributed by atoms with Crippen molar-refractivity contribution in [2.24, 2.45) is 0 Å². The Morgan fingerprint density at radius 2 is 1.79 bits per heavy atom. The Hall–Kier alpha value is -2.80. The van der Waals surface area contributed by atoms with Gasteiger partial charge in [0.2, 0.25) is 5.91 Å².